The SMILES string of the molecule is CN(C(=O)CCCN1C(=O)c2cccc3cccc(c23)C1=O)C1CCCCC1. The van der Waals surface area contributed by atoms with E-state index >= 15 is 0 Å². The quantitative estimate of drug-likeness (QED) is 0.739. The second-order valence-corrected chi connectivity index (χ2v) is 7.87. The minimum atomic E-state index is -0.262. The Kier molecular flexibility index (Phi) is 5.16. The van der Waals surface area contributed by atoms with Crippen LogP contribution in [0.15, 0.2) is 36.4 Å². The fourth-order valence-electron chi connectivity index (χ4n) is 4.52. The summed E-state index contributed by atoms with van der Waals surface area (Å²) in [7, 11) is 1.88. The van der Waals surface area contributed by atoms with Gasteiger partial charge in [0.1, 0.15) is 0 Å². The Bertz CT molecular complexity index is 880. The first-order chi connectivity index (χ1) is 13.6. The van der Waals surface area contributed by atoms with Crippen LogP contribution in [0.4, 0.5) is 0 Å². The van der Waals surface area contributed by atoms with Crippen molar-refractivity contribution in [2.24, 2.45) is 0 Å². The lowest BCUT2D eigenvalue weighted by molar-refractivity contribution is -0.132. The number of hydrogen-bond donors (Lipinski definition) is 0. The van der Waals surface area contributed by atoms with Crippen molar-refractivity contribution in [3.8, 4) is 0 Å². The van der Waals surface area contributed by atoms with E-state index in [1.807, 2.05) is 36.2 Å². The van der Waals surface area contributed by atoms with Crippen molar-refractivity contribution in [2.45, 2.75) is 51.0 Å². The highest BCUT2D eigenvalue weighted by atomic mass is 16.2. The van der Waals surface area contributed by atoms with Gasteiger partial charge in [-0.25, -0.2) is 0 Å². The van der Waals surface area contributed by atoms with Gasteiger partial charge in [-0.2, -0.15) is 0 Å². The Morgan fingerprint density at radius 2 is 1.61 bits per heavy atom. The van der Waals surface area contributed by atoms with Gasteiger partial charge in [-0.15, -0.1) is 0 Å². The predicted molar refractivity (Wildman–Crippen MR) is 108 cm³/mol. The Labute approximate surface area is 165 Å². The summed E-state index contributed by atoms with van der Waals surface area (Å²) in [4.78, 5) is 41.5. The summed E-state index contributed by atoms with van der Waals surface area (Å²) in [6.07, 6.45) is 6.62. The van der Waals surface area contributed by atoms with Gasteiger partial charge in [-0.1, -0.05) is 43.5 Å². The first kappa shape index (κ1) is 18.7. The minimum absolute atomic E-state index is 0.103. The van der Waals surface area contributed by atoms with Crippen LogP contribution in [0.1, 0.15) is 65.7 Å². The molecule has 1 aliphatic carbocycles. The number of imide groups is 1. The molecule has 0 atom stereocenters. The molecule has 0 aromatic heterocycles. The second-order valence-electron chi connectivity index (χ2n) is 7.87. The van der Waals surface area contributed by atoms with Crippen LogP contribution in [0.3, 0.4) is 0 Å². The topological polar surface area (TPSA) is 57.7 Å². The standard InChI is InChI=1S/C23H26N2O3/c1-24(17-10-3-2-4-11-17)20(26)14-7-15-25-22(27)18-12-5-8-16-9-6-13-19(21(16)18)23(25)28/h5-6,8-9,12-13,17H,2-4,7,10-11,14-15H2,1H3. The molecule has 3 amide bonds. The maximum absolute atomic E-state index is 12.9. The van der Waals surface area contributed by atoms with Crippen molar-refractivity contribution in [1.82, 2.24) is 9.80 Å². The third kappa shape index (κ3) is 3.30. The number of hydrogen-bond acceptors (Lipinski definition) is 3. The molecule has 4 rings (SSSR count). The van der Waals surface area contributed by atoms with Crippen molar-refractivity contribution in [2.75, 3.05) is 13.6 Å². The van der Waals surface area contributed by atoms with Crippen molar-refractivity contribution in [3.63, 3.8) is 0 Å². The highest BCUT2D eigenvalue weighted by Gasteiger charge is 2.32. The summed E-state index contributed by atoms with van der Waals surface area (Å²) in [5.41, 5.74) is 1.14. The summed E-state index contributed by atoms with van der Waals surface area (Å²) in [5, 5.41) is 1.64. The zero-order valence-corrected chi connectivity index (χ0v) is 16.3. The molecular weight excluding hydrogens is 352 g/mol. The molecule has 1 saturated carbocycles. The lowest BCUT2D eigenvalue weighted by atomic mass is 9.93. The molecule has 1 heterocycles. The van der Waals surface area contributed by atoms with Crippen molar-refractivity contribution >= 4 is 28.5 Å². The van der Waals surface area contributed by atoms with Gasteiger partial charge in [-0.3, -0.25) is 19.3 Å². The Hall–Kier alpha value is -2.69. The maximum Gasteiger partial charge on any atom is 0.261 e. The molecule has 5 nitrogen and oxygen atoms in total. The third-order valence-corrected chi connectivity index (χ3v) is 6.14. The van der Waals surface area contributed by atoms with Gasteiger partial charge in [0.05, 0.1) is 0 Å². The number of amides is 3. The molecule has 1 aliphatic heterocycles. The smallest absolute Gasteiger partial charge is 0.261 e. The number of nitrogens with zero attached hydrogens (tertiary/aromatic N) is 2. The summed E-state index contributed by atoms with van der Waals surface area (Å²) >= 11 is 0. The van der Waals surface area contributed by atoms with Crippen LogP contribution in [0.5, 0.6) is 0 Å². The van der Waals surface area contributed by atoms with Gasteiger partial charge < -0.3 is 4.90 Å². The van der Waals surface area contributed by atoms with E-state index in [9.17, 15) is 14.4 Å². The fourth-order valence-corrected chi connectivity index (χ4v) is 4.52. The fraction of sp³-hybridized carbons (Fsp3) is 0.435. The van der Waals surface area contributed by atoms with Gasteiger partial charge in [0.15, 0.2) is 0 Å². The summed E-state index contributed by atoms with van der Waals surface area (Å²) in [6, 6.07) is 11.4. The van der Waals surface area contributed by atoms with Crippen LogP contribution in [0.2, 0.25) is 0 Å². The summed E-state index contributed by atoms with van der Waals surface area (Å²) in [6.45, 7) is 0.270. The van der Waals surface area contributed by atoms with Gasteiger partial charge in [0.2, 0.25) is 5.91 Å². The zero-order chi connectivity index (χ0) is 19.7. The number of carbonyl (C=O) groups excluding carboxylic acids is 3. The molecule has 146 valence electrons. The molecule has 5 heteroatoms. The van der Waals surface area contributed by atoms with E-state index < -0.39 is 0 Å². The van der Waals surface area contributed by atoms with Gasteiger partial charge in [0.25, 0.3) is 11.8 Å². The molecule has 0 radical (unpaired) electrons. The predicted octanol–water partition coefficient (Wildman–Crippen LogP) is 4.01. The molecule has 0 bridgehead atoms. The number of carbonyl (C=O) groups is 3. The Morgan fingerprint density at radius 1 is 1.00 bits per heavy atom. The average Bonchev–Trinajstić information content (AvgIpc) is 2.74. The molecule has 2 aromatic carbocycles. The molecule has 28 heavy (non-hydrogen) atoms. The molecule has 1 fully saturated rings. The summed E-state index contributed by atoms with van der Waals surface area (Å²) < 4.78 is 0. The van der Waals surface area contributed by atoms with E-state index in [1.165, 1.54) is 24.2 Å². The maximum atomic E-state index is 12.9. The number of rotatable bonds is 5. The highest BCUT2D eigenvalue weighted by Crippen LogP contribution is 2.30. The summed E-state index contributed by atoms with van der Waals surface area (Å²) in [5.74, 6) is -0.420. The lowest BCUT2D eigenvalue weighted by Gasteiger charge is -2.31. The van der Waals surface area contributed by atoms with E-state index in [0.717, 1.165) is 23.6 Å². The van der Waals surface area contributed by atoms with Crippen LogP contribution in [0, 0.1) is 0 Å². The van der Waals surface area contributed by atoms with E-state index in [0.29, 0.717) is 30.0 Å². The molecule has 2 aliphatic rings. The lowest BCUT2D eigenvalue weighted by Crippen LogP contribution is -2.42. The highest BCUT2D eigenvalue weighted by molar-refractivity contribution is 6.25. The van der Waals surface area contributed by atoms with Crippen molar-refractivity contribution < 1.29 is 14.4 Å². The normalized spacial score (nSPS) is 17.2. The van der Waals surface area contributed by atoms with Crippen LogP contribution in [0.25, 0.3) is 10.8 Å². The first-order valence-electron chi connectivity index (χ1n) is 10.2. The van der Waals surface area contributed by atoms with Crippen LogP contribution >= 0.6 is 0 Å². The van der Waals surface area contributed by atoms with E-state index in [-0.39, 0.29) is 24.3 Å². The Balaban J connectivity index is 1.42. The first-order valence-corrected chi connectivity index (χ1v) is 10.2. The van der Waals surface area contributed by atoms with Crippen molar-refractivity contribution in [1.29, 1.82) is 0 Å². The molecule has 0 N–H and O–H groups in total. The second kappa shape index (κ2) is 7.74. The van der Waals surface area contributed by atoms with Gasteiger partial charge in [-0.05, 0) is 36.8 Å². The Morgan fingerprint density at radius 3 is 2.21 bits per heavy atom. The van der Waals surface area contributed by atoms with Crippen molar-refractivity contribution in [3.05, 3.63) is 47.5 Å². The van der Waals surface area contributed by atoms with Crippen LogP contribution < -0.4 is 0 Å². The molecule has 0 spiro atoms. The van der Waals surface area contributed by atoms with Gasteiger partial charge >= 0.3 is 0 Å². The van der Waals surface area contributed by atoms with E-state index in [2.05, 4.69) is 0 Å². The van der Waals surface area contributed by atoms with Crippen LogP contribution in [-0.4, -0.2) is 47.2 Å². The van der Waals surface area contributed by atoms with E-state index in [1.54, 1.807) is 12.1 Å². The molecular formula is C23H26N2O3. The third-order valence-electron chi connectivity index (χ3n) is 6.14. The molecule has 2 aromatic rings. The van der Waals surface area contributed by atoms with E-state index in [4.69, 9.17) is 0 Å². The van der Waals surface area contributed by atoms with Gasteiger partial charge in [0, 0.05) is 42.6 Å². The number of benzene rings is 2. The molecule has 0 unspecified atom stereocenters. The largest absolute Gasteiger partial charge is 0.343 e. The minimum Gasteiger partial charge on any atom is -0.343 e. The monoisotopic (exact) mass is 378 g/mol. The average molecular weight is 378 g/mol. The van der Waals surface area contributed by atoms with Crippen LogP contribution in [-0.2, 0) is 4.79 Å². The zero-order valence-electron chi connectivity index (χ0n) is 16.3. The molecule has 0 saturated heterocycles.